The summed E-state index contributed by atoms with van der Waals surface area (Å²) >= 11 is 0. The maximum absolute atomic E-state index is 12.6. The molecule has 3 heterocycles. The van der Waals surface area contributed by atoms with E-state index in [1.807, 2.05) is 30.3 Å². The molecule has 0 bridgehead atoms. The van der Waals surface area contributed by atoms with Crippen LogP contribution in [0.1, 0.15) is 28.6 Å². The Morgan fingerprint density at radius 2 is 2.19 bits per heavy atom. The van der Waals surface area contributed by atoms with Crippen molar-refractivity contribution in [1.29, 1.82) is 0 Å². The van der Waals surface area contributed by atoms with E-state index in [0.717, 1.165) is 22.7 Å². The second-order valence-electron chi connectivity index (χ2n) is 6.54. The third kappa shape index (κ3) is 3.52. The largest absolute Gasteiger partial charge is 0.445 e. The van der Waals surface area contributed by atoms with Gasteiger partial charge in [0.2, 0.25) is 5.91 Å². The molecule has 3 N–H and O–H groups in total. The monoisotopic (exact) mass is 351 g/mol. The van der Waals surface area contributed by atoms with Crippen LogP contribution in [-0.2, 0) is 30.6 Å². The fourth-order valence-corrected chi connectivity index (χ4v) is 3.24. The van der Waals surface area contributed by atoms with E-state index in [4.69, 9.17) is 10.2 Å². The highest BCUT2D eigenvalue weighted by Gasteiger charge is 2.28. The summed E-state index contributed by atoms with van der Waals surface area (Å²) in [5.41, 5.74) is 8.93. The highest BCUT2D eigenvalue weighted by molar-refractivity contribution is 5.82. The first-order valence-corrected chi connectivity index (χ1v) is 8.72. The summed E-state index contributed by atoms with van der Waals surface area (Å²) < 4.78 is 5.89. The molecule has 0 aliphatic carbocycles. The second-order valence-corrected chi connectivity index (χ2v) is 6.54. The Morgan fingerprint density at radius 1 is 1.35 bits per heavy atom. The minimum Gasteiger partial charge on any atom is -0.445 e. The Hall–Kier alpha value is -2.93. The topological polar surface area (TPSA) is 101 Å². The summed E-state index contributed by atoms with van der Waals surface area (Å²) in [7, 11) is 0. The molecule has 3 aromatic rings. The van der Waals surface area contributed by atoms with Crippen LogP contribution in [0, 0.1) is 0 Å². The van der Waals surface area contributed by atoms with E-state index in [0.29, 0.717) is 38.2 Å². The van der Waals surface area contributed by atoms with Crippen molar-refractivity contribution in [2.75, 3.05) is 6.54 Å². The van der Waals surface area contributed by atoms with Gasteiger partial charge in [-0.2, -0.15) is 0 Å². The number of carbonyl (C=O) groups is 1. The number of aromatic nitrogens is 3. The van der Waals surface area contributed by atoms with Gasteiger partial charge in [0.25, 0.3) is 0 Å². The Balaban J connectivity index is 1.41. The summed E-state index contributed by atoms with van der Waals surface area (Å²) in [6.45, 7) is 1.05. The summed E-state index contributed by atoms with van der Waals surface area (Å²) in [5, 5.41) is 0. The highest BCUT2D eigenvalue weighted by atomic mass is 16.4. The first-order valence-electron chi connectivity index (χ1n) is 8.72. The molecular weight excluding hydrogens is 330 g/mol. The van der Waals surface area contributed by atoms with Crippen molar-refractivity contribution in [2.24, 2.45) is 5.73 Å². The van der Waals surface area contributed by atoms with Crippen LogP contribution in [0.2, 0.25) is 0 Å². The molecule has 4 rings (SSSR count). The van der Waals surface area contributed by atoms with E-state index in [1.54, 1.807) is 17.4 Å². The van der Waals surface area contributed by atoms with Gasteiger partial charge in [0.05, 0.1) is 18.9 Å². The number of imidazole rings is 1. The number of hydrogen-bond acceptors (Lipinski definition) is 5. The molecule has 0 radical (unpaired) electrons. The zero-order valence-electron chi connectivity index (χ0n) is 14.4. The molecule has 7 nitrogen and oxygen atoms in total. The third-order valence-electron chi connectivity index (χ3n) is 4.59. The molecule has 0 saturated heterocycles. The highest BCUT2D eigenvalue weighted by Crippen LogP contribution is 2.22. The summed E-state index contributed by atoms with van der Waals surface area (Å²) in [4.78, 5) is 25.9. The Bertz CT molecular complexity index is 873. The fourth-order valence-electron chi connectivity index (χ4n) is 3.24. The first-order chi connectivity index (χ1) is 12.7. The molecule has 1 atom stereocenters. The van der Waals surface area contributed by atoms with Gasteiger partial charge in [-0.05, 0) is 5.56 Å². The SMILES string of the molecule is N[C@@H](Cc1cnc[nH]1)C(=O)N1CCc2oc(Cc3ccccc3)nc2C1. The fraction of sp³-hybridized carbons (Fsp3) is 0.316. The number of nitrogens with two attached hydrogens (primary N) is 1. The molecule has 0 saturated carbocycles. The number of carbonyl (C=O) groups excluding carboxylic acids is 1. The minimum atomic E-state index is -0.590. The molecule has 134 valence electrons. The molecule has 0 spiro atoms. The lowest BCUT2D eigenvalue weighted by molar-refractivity contribution is -0.133. The van der Waals surface area contributed by atoms with Crippen LogP contribution in [0.3, 0.4) is 0 Å². The van der Waals surface area contributed by atoms with E-state index >= 15 is 0 Å². The average molecular weight is 351 g/mol. The molecule has 0 fully saturated rings. The van der Waals surface area contributed by atoms with Crippen LogP contribution in [0.4, 0.5) is 0 Å². The standard InChI is InChI=1S/C19H21N5O2/c20-15(9-14-10-21-12-22-14)19(25)24-7-6-17-16(11-24)23-18(26-17)8-13-4-2-1-3-5-13/h1-5,10,12,15H,6-9,11,20H2,(H,21,22)/t15-/m0/s1. The van der Waals surface area contributed by atoms with Gasteiger partial charge in [0.15, 0.2) is 5.89 Å². The van der Waals surface area contributed by atoms with Crippen molar-refractivity contribution in [2.45, 2.75) is 31.8 Å². The molecule has 26 heavy (non-hydrogen) atoms. The molecule has 0 unspecified atom stereocenters. The number of oxazole rings is 1. The average Bonchev–Trinajstić information content (AvgIpc) is 3.30. The van der Waals surface area contributed by atoms with Gasteiger partial charge >= 0.3 is 0 Å². The van der Waals surface area contributed by atoms with Gasteiger partial charge in [-0.1, -0.05) is 30.3 Å². The molecule has 2 aromatic heterocycles. The lowest BCUT2D eigenvalue weighted by atomic mass is 10.1. The molecule has 1 aliphatic heterocycles. The number of nitrogens with one attached hydrogen (secondary N) is 1. The zero-order valence-corrected chi connectivity index (χ0v) is 14.4. The van der Waals surface area contributed by atoms with Crippen molar-refractivity contribution in [3.8, 4) is 0 Å². The van der Waals surface area contributed by atoms with Gasteiger partial charge in [0.1, 0.15) is 11.5 Å². The van der Waals surface area contributed by atoms with E-state index in [1.165, 1.54) is 0 Å². The van der Waals surface area contributed by atoms with Gasteiger partial charge in [-0.25, -0.2) is 9.97 Å². The Labute approximate surface area is 151 Å². The number of benzene rings is 1. The number of H-pyrrole nitrogens is 1. The van der Waals surface area contributed by atoms with E-state index in [2.05, 4.69) is 15.0 Å². The van der Waals surface area contributed by atoms with Crippen LogP contribution in [0.5, 0.6) is 0 Å². The Morgan fingerprint density at radius 3 is 2.96 bits per heavy atom. The van der Waals surface area contributed by atoms with Crippen molar-refractivity contribution in [3.05, 3.63) is 71.5 Å². The number of fused-ring (bicyclic) bond motifs is 1. The summed E-state index contributed by atoms with van der Waals surface area (Å²) in [5.74, 6) is 1.50. The van der Waals surface area contributed by atoms with Gasteiger partial charge in [0, 0.05) is 37.7 Å². The van der Waals surface area contributed by atoms with Crippen LogP contribution in [0.25, 0.3) is 0 Å². The van der Waals surface area contributed by atoms with Gasteiger partial charge in [-0.3, -0.25) is 4.79 Å². The summed E-state index contributed by atoms with van der Waals surface area (Å²) in [6, 6.07) is 9.49. The van der Waals surface area contributed by atoms with Crippen LogP contribution in [-0.4, -0.2) is 38.3 Å². The predicted octanol–water partition coefficient (Wildman–Crippen LogP) is 1.44. The summed E-state index contributed by atoms with van der Waals surface area (Å²) in [6.07, 6.45) is 5.04. The minimum absolute atomic E-state index is 0.0714. The van der Waals surface area contributed by atoms with E-state index < -0.39 is 6.04 Å². The molecule has 7 heteroatoms. The molecular formula is C19H21N5O2. The third-order valence-corrected chi connectivity index (χ3v) is 4.59. The van der Waals surface area contributed by atoms with Crippen molar-refractivity contribution >= 4 is 5.91 Å². The lowest BCUT2D eigenvalue weighted by Crippen LogP contribution is -2.46. The quantitative estimate of drug-likeness (QED) is 0.724. The van der Waals surface area contributed by atoms with Crippen LogP contribution < -0.4 is 5.73 Å². The lowest BCUT2D eigenvalue weighted by Gasteiger charge is -2.27. The first kappa shape index (κ1) is 16.5. The zero-order chi connectivity index (χ0) is 17.9. The second kappa shape index (κ2) is 7.13. The van der Waals surface area contributed by atoms with E-state index in [-0.39, 0.29) is 5.91 Å². The van der Waals surface area contributed by atoms with Crippen molar-refractivity contribution in [1.82, 2.24) is 19.9 Å². The van der Waals surface area contributed by atoms with Crippen LogP contribution >= 0.6 is 0 Å². The van der Waals surface area contributed by atoms with E-state index in [9.17, 15) is 4.79 Å². The van der Waals surface area contributed by atoms with Crippen molar-refractivity contribution in [3.63, 3.8) is 0 Å². The number of hydrogen-bond donors (Lipinski definition) is 2. The molecule has 1 aliphatic rings. The maximum atomic E-state index is 12.6. The smallest absolute Gasteiger partial charge is 0.240 e. The number of nitrogens with zero attached hydrogens (tertiary/aromatic N) is 3. The van der Waals surface area contributed by atoms with Crippen molar-refractivity contribution < 1.29 is 9.21 Å². The predicted molar refractivity (Wildman–Crippen MR) is 95.1 cm³/mol. The Kier molecular flexibility index (Phi) is 4.53. The van der Waals surface area contributed by atoms with Crippen LogP contribution in [0.15, 0.2) is 47.3 Å². The maximum Gasteiger partial charge on any atom is 0.240 e. The molecule has 1 amide bonds. The number of amides is 1. The number of aromatic amines is 1. The molecule has 1 aromatic carbocycles. The number of rotatable bonds is 5. The normalized spacial score (nSPS) is 14.9. The van der Waals surface area contributed by atoms with Gasteiger partial charge in [-0.15, -0.1) is 0 Å². The van der Waals surface area contributed by atoms with Gasteiger partial charge < -0.3 is 20.0 Å².